The summed E-state index contributed by atoms with van der Waals surface area (Å²) in [5, 5.41) is 5.54. The van der Waals surface area contributed by atoms with Gasteiger partial charge in [0, 0.05) is 43.1 Å². The van der Waals surface area contributed by atoms with Crippen LogP contribution >= 0.6 is 0 Å². The van der Waals surface area contributed by atoms with Gasteiger partial charge in [-0.2, -0.15) is 0 Å². The zero-order chi connectivity index (χ0) is 19.3. The van der Waals surface area contributed by atoms with Crippen LogP contribution in [0.25, 0.3) is 0 Å². The Balaban J connectivity index is 1.42. The molecule has 2 aromatic heterocycles. The van der Waals surface area contributed by atoms with Crippen molar-refractivity contribution in [1.29, 1.82) is 0 Å². The number of carbonyl (C=O) groups is 2. The number of nitrogens with zero attached hydrogens (tertiary/aromatic N) is 2. The summed E-state index contributed by atoms with van der Waals surface area (Å²) in [5.74, 6) is 0.494. The summed E-state index contributed by atoms with van der Waals surface area (Å²) in [7, 11) is 0. The molecule has 0 aliphatic carbocycles. The van der Waals surface area contributed by atoms with E-state index in [1.54, 1.807) is 36.7 Å². The Hall–Kier alpha value is -3.94. The maximum atomic E-state index is 12.5. The van der Waals surface area contributed by atoms with Gasteiger partial charge < -0.3 is 20.1 Å². The number of aromatic nitrogens is 2. The van der Waals surface area contributed by atoms with E-state index in [0.29, 0.717) is 29.3 Å². The first kappa shape index (κ1) is 17.5. The second-order valence-electron chi connectivity index (χ2n) is 6.03. The molecule has 0 unspecified atom stereocenters. The highest BCUT2D eigenvalue weighted by Crippen LogP contribution is 2.34. The van der Waals surface area contributed by atoms with Gasteiger partial charge in [-0.1, -0.05) is 6.07 Å². The smallest absolute Gasteiger partial charge is 0.257 e. The maximum absolute atomic E-state index is 12.5. The fraction of sp³-hybridized carbons (Fsp3) is 0.100. The number of rotatable bonds is 5. The van der Waals surface area contributed by atoms with E-state index in [1.807, 2.05) is 6.07 Å². The van der Waals surface area contributed by atoms with Crippen LogP contribution in [-0.4, -0.2) is 28.6 Å². The van der Waals surface area contributed by atoms with Crippen molar-refractivity contribution in [1.82, 2.24) is 15.3 Å². The van der Waals surface area contributed by atoms with E-state index in [-0.39, 0.29) is 24.2 Å². The Morgan fingerprint density at radius 3 is 2.57 bits per heavy atom. The molecule has 0 radical (unpaired) electrons. The fourth-order valence-corrected chi connectivity index (χ4v) is 2.65. The zero-order valence-electron chi connectivity index (χ0n) is 14.7. The fourth-order valence-electron chi connectivity index (χ4n) is 2.65. The molecule has 4 rings (SSSR count). The van der Waals surface area contributed by atoms with Gasteiger partial charge >= 0.3 is 0 Å². The molecule has 0 saturated carbocycles. The van der Waals surface area contributed by atoms with Crippen molar-refractivity contribution in [3.05, 3.63) is 77.9 Å². The third-order valence-electron chi connectivity index (χ3n) is 4.07. The number of ether oxygens (including phenoxy) is 2. The number of nitrogens with one attached hydrogen (secondary N) is 2. The van der Waals surface area contributed by atoms with Gasteiger partial charge in [-0.3, -0.25) is 19.6 Å². The lowest BCUT2D eigenvalue weighted by Gasteiger charge is -2.08. The standard InChI is InChI=1S/C20H16N4O4/c25-19(23-9-13-2-1-5-21-8-13)14-6-15(11-22-10-14)20(26)24-16-3-4-17-18(7-16)28-12-27-17/h1-8,10-11H,9,12H2,(H,23,25)(H,24,26). The number of anilines is 1. The lowest BCUT2D eigenvalue weighted by Crippen LogP contribution is -2.23. The van der Waals surface area contributed by atoms with Crippen LogP contribution in [0.2, 0.25) is 0 Å². The van der Waals surface area contributed by atoms with Crippen LogP contribution in [0.15, 0.2) is 61.2 Å². The van der Waals surface area contributed by atoms with Crippen LogP contribution in [-0.2, 0) is 6.54 Å². The van der Waals surface area contributed by atoms with Gasteiger partial charge in [0.1, 0.15) is 0 Å². The van der Waals surface area contributed by atoms with Gasteiger partial charge in [0.25, 0.3) is 11.8 Å². The third kappa shape index (κ3) is 3.90. The molecule has 8 nitrogen and oxygen atoms in total. The zero-order valence-corrected chi connectivity index (χ0v) is 14.7. The Labute approximate surface area is 160 Å². The van der Waals surface area contributed by atoms with Crippen molar-refractivity contribution in [2.24, 2.45) is 0 Å². The molecule has 3 aromatic rings. The SMILES string of the molecule is O=C(NCc1cccnc1)c1cncc(C(=O)Nc2ccc3c(c2)OCO3)c1. The quantitative estimate of drug-likeness (QED) is 0.709. The molecular weight excluding hydrogens is 360 g/mol. The summed E-state index contributed by atoms with van der Waals surface area (Å²) in [6.07, 6.45) is 6.15. The molecule has 1 aliphatic heterocycles. The minimum Gasteiger partial charge on any atom is -0.454 e. The summed E-state index contributed by atoms with van der Waals surface area (Å²) in [5.41, 5.74) is 2.00. The number of carbonyl (C=O) groups excluding carboxylic acids is 2. The number of hydrogen-bond donors (Lipinski definition) is 2. The van der Waals surface area contributed by atoms with E-state index in [0.717, 1.165) is 5.56 Å². The highest BCUT2D eigenvalue weighted by molar-refractivity contribution is 6.06. The van der Waals surface area contributed by atoms with E-state index in [2.05, 4.69) is 20.6 Å². The molecule has 1 aliphatic rings. The molecule has 0 saturated heterocycles. The number of fused-ring (bicyclic) bond motifs is 1. The number of pyridine rings is 2. The van der Waals surface area contributed by atoms with Gasteiger partial charge in [0.2, 0.25) is 6.79 Å². The summed E-state index contributed by atoms with van der Waals surface area (Å²) in [6, 6.07) is 10.3. The van der Waals surface area contributed by atoms with Gasteiger partial charge in [-0.15, -0.1) is 0 Å². The summed E-state index contributed by atoms with van der Waals surface area (Å²) < 4.78 is 10.5. The van der Waals surface area contributed by atoms with Crippen LogP contribution in [0.1, 0.15) is 26.3 Å². The minimum absolute atomic E-state index is 0.160. The van der Waals surface area contributed by atoms with E-state index in [1.165, 1.54) is 18.5 Å². The monoisotopic (exact) mass is 376 g/mol. The van der Waals surface area contributed by atoms with Crippen LogP contribution in [0, 0.1) is 0 Å². The molecule has 0 bridgehead atoms. The van der Waals surface area contributed by atoms with Crippen LogP contribution in [0.5, 0.6) is 11.5 Å². The number of hydrogen-bond acceptors (Lipinski definition) is 6. The average Bonchev–Trinajstić information content (AvgIpc) is 3.21. The maximum Gasteiger partial charge on any atom is 0.257 e. The van der Waals surface area contributed by atoms with Gasteiger partial charge in [-0.25, -0.2) is 0 Å². The van der Waals surface area contributed by atoms with Gasteiger partial charge in [0.15, 0.2) is 11.5 Å². The van der Waals surface area contributed by atoms with Gasteiger partial charge in [-0.05, 0) is 29.8 Å². The molecule has 8 heteroatoms. The van der Waals surface area contributed by atoms with E-state index in [9.17, 15) is 9.59 Å². The molecule has 1 aromatic carbocycles. The predicted octanol–water partition coefficient (Wildman–Crippen LogP) is 2.39. The normalized spacial score (nSPS) is 11.7. The van der Waals surface area contributed by atoms with Crippen molar-refractivity contribution >= 4 is 17.5 Å². The Kier molecular flexibility index (Phi) is 4.83. The largest absolute Gasteiger partial charge is 0.454 e. The van der Waals surface area contributed by atoms with Crippen molar-refractivity contribution in [2.75, 3.05) is 12.1 Å². The highest BCUT2D eigenvalue weighted by Gasteiger charge is 2.16. The topological polar surface area (TPSA) is 102 Å². The summed E-state index contributed by atoms with van der Waals surface area (Å²) in [6.45, 7) is 0.493. The molecule has 28 heavy (non-hydrogen) atoms. The molecule has 2 amide bonds. The molecular formula is C20H16N4O4. The van der Waals surface area contributed by atoms with Crippen molar-refractivity contribution in [2.45, 2.75) is 6.54 Å². The van der Waals surface area contributed by atoms with Crippen molar-refractivity contribution < 1.29 is 19.1 Å². The Morgan fingerprint density at radius 1 is 0.929 bits per heavy atom. The lowest BCUT2D eigenvalue weighted by atomic mass is 10.1. The highest BCUT2D eigenvalue weighted by atomic mass is 16.7. The Morgan fingerprint density at radius 2 is 1.75 bits per heavy atom. The second-order valence-corrected chi connectivity index (χ2v) is 6.03. The first-order valence-electron chi connectivity index (χ1n) is 8.52. The van der Waals surface area contributed by atoms with Crippen molar-refractivity contribution in [3.8, 4) is 11.5 Å². The van der Waals surface area contributed by atoms with E-state index < -0.39 is 0 Å². The van der Waals surface area contributed by atoms with Crippen LogP contribution in [0.4, 0.5) is 5.69 Å². The first-order valence-corrected chi connectivity index (χ1v) is 8.52. The second kappa shape index (κ2) is 7.75. The summed E-state index contributed by atoms with van der Waals surface area (Å²) in [4.78, 5) is 32.9. The summed E-state index contributed by atoms with van der Waals surface area (Å²) >= 11 is 0. The molecule has 140 valence electrons. The molecule has 2 N–H and O–H groups in total. The minimum atomic E-state index is -0.381. The van der Waals surface area contributed by atoms with E-state index in [4.69, 9.17) is 9.47 Å². The predicted molar refractivity (Wildman–Crippen MR) is 100 cm³/mol. The molecule has 0 spiro atoms. The lowest BCUT2D eigenvalue weighted by molar-refractivity contribution is 0.0950. The van der Waals surface area contributed by atoms with Gasteiger partial charge in [0.05, 0.1) is 11.1 Å². The van der Waals surface area contributed by atoms with E-state index >= 15 is 0 Å². The molecule has 0 atom stereocenters. The Bertz CT molecular complexity index is 1020. The number of benzene rings is 1. The third-order valence-corrected chi connectivity index (χ3v) is 4.07. The van der Waals surface area contributed by atoms with Crippen LogP contribution in [0.3, 0.4) is 0 Å². The number of amides is 2. The first-order chi connectivity index (χ1) is 13.7. The van der Waals surface area contributed by atoms with Crippen molar-refractivity contribution in [3.63, 3.8) is 0 Å². The molecule has 3 heterocycles. The average molecular weight is 376 g/mol. The van der Waals surface area contributed by atoms with Crippen LogP contribution < -0.4 is 20.1 Å². The molecule has 0 fully saturated rings.